The molecule has 0 radical (unpaired) electrons. The summed E-state index contributed by atoms with van der Waals surface area (Å²) in [5.74, 6) is -0.436. The number of carbonyl (C=O) groups is 3. The average Bonchev–Trinajstić information content (AvgIpc) is 2.95. The number of rotatable bonds is 3. The lowest BCUT2D eigenvalue weighted by Crippen LogP contribution is -2.51. The van der Waals surface area contributed by atoms with E-state index in [0.29, 0.717) is 29.5 Å². The molecule has 2 aliphatic rings. The van der Waals surface area contributed by atoms with Gasteiger partial charge in [-0.3, -0.25) is 14.4 Å². The van der Waals surface area contributed by atoms with E-state index in [1.165, 1.54) is 16.9 Å². The molecule has 1 aromatic carbocycles. The van der Waals surface area contributed by atoms with E-state index in [9.17, 15) is 14.4 Å². The Kier molecular flexibility index (Phi) is 4.62. The SMILES string of the molecule is COc1ccc(Cl)cc1N1C[C@@H](C(=O)N2CCNC(=O)C2)CC1=O. The second kappa shape index (κ2) is 6.68. The second-order valence-corrected chi connectivity index (χ2v) is 6.27. The quantitative estimate of drug-likeness (QED) is 0.867. The Morgan fingerprint density at radius 3 is 2.88 bits per heavy atom. The summed E-state index contributed by atoms with van der Waals surface area (Å²) in [6.07, 6.45) is 0.118. The fourth-order valence-electron chi connectivity index (χ4n) is 3.06. The number of benzene rings is 1. The summed E-state index contributed by atoms with van der Waals surface area (Å²) in [5, 5.41) is 3.17. The van der Waals surface area contributed by atoms with Crippen LogP contribution in [0.4, 0.5) is 5.69 Å². The lowest BCUT2D eigenvalue weighted by atomic mass is 10.1. The highest BCUT2D eigenvalue weighted by Crippen LogP contribution is 2.35. The second-order valence-electron chi connectivity index (χ2n) is 5.83. The Morgan fingerprint density at radius 2 is 2.17 bits per heavy atom. The monoisotopic (exact) mass is 351 g/mol. The minimum atomic E-state index is -0.466. The molecule has 128 valence electrons. The van der Waals surface area contributed by atoms with Crippen molar-refractivity contribution in [3.63, 3.8) is 0 Å². The van der Waals surface area contributed by atoms with Gasteiger partial charge in [0.25, 0.3) is 0 Å². The molecule has 24 heavy (non-hydrogen) atoms. The lowest BCUT2D eigenvalue weighted by molar-refractivity contribution is -0.141. The molecular formula is C16H18ClN3O4. The van der Waals surface area contributed by atoms with Crippen LogP contribution in [-0.2, 0) is 14.4 Å². The van der Waals surface area contributed by atoms with Crippen molar-refractivity contribution in [1.29, 1.82) is 0 Å². The summed E-state index contributed by atoms with van der Waals surface area (Å²) < 4.78 is 5.29. The van der Waals surface area contributed by atoms with Crippen LogP contribution < -0.4 is 15.0 Å². The molecule has 0 aliphatic carbocycles. The fraction of sp³-hybridized carbons (Fsp3) is 0.438. The van der Waals surface area contributed by atoms with Crippen molar-refractivity contribution in [3.05, 3.63) is 23.2 Å². The molecule has 0 spiro atoms. The minimum Gasteiger partial charge on any atom is -0.495 e. The third kappa shape index (κ3) is 3.17. The molecule has 3 rings (SSSR count). The van der Waals surface area contributed by atoms with Crippen LogP contribution in [0, 0.1) is 5.92 Å². The molecule has 0 saturated carbocycles. The molecule has 1 aromatic rings. The molecule has 1 atom stereocenters. The Hall–Kier alpha value is -2.28. The third-order valence-corrected chi connectivity index (χ3v) is 4.49. The smallest absolute Gasteiger partial charge is 0.239 e. The van der Waals surface area contributed by atoms with E-state index in [0.717, 1.165) is 0 Å². The van der Waals surface area contributed by atoms with Gasteiger partial charge < -0.3 is 19.9 Å². The number of anilines is 1. The summed E-state index contributed by atoms with van der Waals surface area (Å²) in [6, 6.07) is 5.02. The first-order valence-electron chi connectivity index (χ1n) is 7.69. The molecule has 8 heteroatoms. The lowest BCUT2D eigenvalue weighted by Gasteiger charge is -2.28. The van der Waals surface area contributed by atoms with E-state index in [-0.39, 0.29) is 37.2 Å². The standard InChI is InChI=1S/C16H18ClN3O4/c1-24-13-3-2-11(17)7-12(13)20-8-10(6-15(20)22)16(23)19-5-4-18-14(21)9-19/h2-3,7,10H,4-6,8-9H2,1H3,(H,18,21)/t10-/m0/s1. The van der Waals surface area contributed by atoms with Crippen LogP contribution in [0.5, 0.6) is 5.75 Å². The fourth-order valence-corrected chi connectivity index (χ4v) is 3.23. The highest BCUT2D eigenvalue weighted by Gasteiger charge is 2.39. The van der Waals surface area contributed by atoms with E-state index in [1.54, 1.807) is 18.2 Å². The van der Waals surface area contributed by atoms with E-state index in [2.05, 4.69) is 5.32 Å². The number of hydrogen-bond acceptors (Lipinski definition) is 4. The maximum Gasteiger partial charge on any atom is 0.239 e. The number of hydrogen-bond donors (Lipinski definition) is 1. The normalized spacial score (nSPS) is 21.0. The Balaban J connectivity index is 1.77. The van der Waals surface area contributed by atoms with Gasteiger partial charge in [0.1, 0.15) is 5.75 Å². The van der Waals surface area contributed by atoms with E-state index < -0.39 is 5.92 Å². The van der Waals surface area contributed by atoms with Crippen LogP contribution >= 0.6 is 11.6 Å². The molecule has 7 nitrogen and oxygen atoms in total. The Labute approximate surface area is 144 Å². The van der Waals surface area contributed by atoms with Crippen molar-refractivity contribution >= 4 is 35.0 Å². The maximum absolute atomic E-state index is 12.6. The number of ether oxygens (including phenoxy) is 1. The predicted octanol–water partition coefficient (Wildman–Crippen LogP) is 0.660. The molecular weight excluding hydrogens is 334 g/mol. The van der Waals surface area contributed by atoms with Crippen molar-refractivity contribution in [1.82, 2.24) is 10.2 Å². The van der Waals surface area contributed by atoms with E-state index >= 15 is 0 Å². The van der Waals surface area contributed by atoms with Gasteiger partial charge in [0.2, 0.25) is 17.7 Å². The minimum absolute atomic E-state index is 0.0456. The van der Waals surface area contributed by atoms with E-state index in [4.69, 9.17) is 16.3 Å². The molecule has 0 aromatic heterocycles. The van der Waals surface area contributed by atoms with Crippen molar-refractivity contribution in [2.45, 2.75) is 6.42 Å². The van der Waals surface area contributed by atoms with Crippen LogP contribution in [0.25, 0.3) is 0 Å². The van der Waals surface area contributed by atoms with Gasteiger partial charge >= 0.3 is 0 Å². The van der Waals surface area contributed by atoms with Crippen LogP contribution in [0.1, 0.15) is 6.42 Å². The summed E-state index contributed by atoms with van der Waals surface area (Å²) in [5.41, 5.74) is 0.557. The highest BCUT2D eigenvalue weighted by molar-refractivity contribution is 6.31. The first-order valence-corrected chi connectivity index (χ1v) is 8.07. The third-order valence-electron chi connectivity index (χ3n) is 4.26. The summed E-state index contributed by atoms with van der Waals surface area (Å²) in [4.78, 5) is 39.5. The van der Waals surface area contributed by atoms with Gasteiger partial charge in [-0.25, -0.2) is 0 Å². The van der Waals surface area contributed by atoms with Gasteiger partial charge in [0.15, 0.2) is 0 Å². The zero-order valence-corrected chi connectivity index (χ0v) is 14.0. The molecule has 0 unspecified atom stereocenters. The van der Waals surface area contributed by atoms with Crippen LogP contribution in [0.3, 0.4) is 0 Å². The summed E-state index contributed by atoms with van der Waals surface area (Å²) in [6.45, 7) is 1.21. The molecule has 2 aliphatic heterocycles. The van der Waals surface area contributed by atoms with Gasteiger partial charge in [0, 0.05) is 31.1 Å². The first-order chi connectivity index (χ1) is 11.5. The Bertz CT molecular complexity index is 694. The van der Waals surface area contributed by atoms with Crippen LogP contribution in [-0.4, -0.2) is 55.9 Å². The van der Waals surface area contributed by atoms with Crippen molar-refractivity contribution in [2.24, 2.45) is 5.92 Å². The van der Waals surface area contributed by atoms with Gasteiger partial charge in [-0.2, -0.15) is 0 Å². The molecule has 3 amide bonds. The predicted molar refractivity (Wildman–Crippen MR) is 88.1 cm³/mol. The summed E-state index contributed by atoms with van der Waals surface area (Å²) >= 11 is 6.02. The van der Waals surface area contributed by atoms with Gasteiger partial charge in [-0.1, -0.05) is 11.6 Å². The number of nitrogens with zero attached hydrogens (tertiary/aromatic N) is 2. The van der Waals surface area contributed by atoms with Crippen molar-refractivity contribution in [2.75, 3.05) is 38.2 Å². The first kappa shape index (κ1) is 16.6. The average molecular weight is 352 g/mol. The molecule has 2 heterocycles. The van der Waals surface area contributed by atoms with E-state index in [1.807, 2.05) is 0 Å². The largest absolute Gasteiger partial charge is 0.495 e. The molecule has 0 bridgehead atoms. The van der Waals surface area contributed by atoms with Crippen LogP contribution in [0.15, 0.2) is 18.2 Å². The van der Waals surface area contributed by atoms with Crippen molar-refractivity contribution < 1.29 is 19.1 Å². The maximum atomic E-state index is 12.6. The molecule has 2 fully saturated rings. The zero-order valence-electron chi connectivity index (χ0n) is 13.3. The number of carbonyl (C=O) groups excluding carboxylic acids is 3. The topological polar surface area (TPSA) is 79.0 Å². The van der Waals surface area contributed by atoms with Gasteiger partial charge in [-0.15, -0.1) is 0 Å². The number of halogens is 1. The van der Waals surface area contributed by atoms with Gasteiger partial charge in [-0.05, 0) is 18.2 Å². The number of nitrogens with one attached hydrogen (secondary N) is 1. The Morgan fingerprint density at radius 1 is 1.38 bits per heavy atom. The number of piperazine rings is 1. The zero-order chi connectivity index (χ0) is 17.3. The molecule has 2 saturated heterocycles. The summed E-state index contributed by atoms with van der Waals surface area (Å²) in [7, 11) is 1.52. The highest BCUT2D eigenvalue weighted by atomic mass is 35.5. The van der Waals surface area contributed by atoms with Gasteiger partial charge in [0.05, 0.1) is 25.3 Å². The molecule has 1 N–H and O–H groups in total. The van der Waals surface area contributed by atoms with Crippen LogP contribution in [0.2, 0.25) is 5.02 Å². The number of methoxy groups -OCH3 is 1. The van der Waals surface area contributed by atoms with Crippen molar-refractivity contribution in [3.8, 4) is 5.75 Å². The number of amides is 3.